The van der Waals surface area contributed by atoms with Crippen molar-refractivity contribution in [1.82, 2.24) is 0 Å². The van der Waals surface area contributed by atoms with E-state index in [4.69, 9.17) is 4.74 Å². The third kappa shape index (κ3) is 3.26. The maximum atomic E-state index is 14.6. The summed E-state index contributed by atoms with van der Waals surface area (Å²) in [6.07, 6.45) is 0. The van der Waals surface area contributed by atoms with E-state index in [9.17, 15) is 13.2 Å². The largest absolute Gasteiger partial charge is 0.490 e. The molecule has 0 unspecified atom stereocenters. The van der Waals surface area contributed by atoms with Crippen LogP contribution in [0.25, 0.3) is 0 Å². The molecule has 3 rings (SSSR count). The van der Waals surface area contributed by atoms with Gasteiger partial charge in [-0.15, -0.1) is 0 Å². The molecule has 0 amide bonds. The number of hydrogen-bond donors (Lipinski definition) is 0. The van der Waals surface area contributed by atoms with Gasteiger partial charge >= 0.3 is 0 Å². The molecule has 0 radical (unpaired) electrons. The second-order valence-electron chi connectivity index (χ2n) is 6.40. The van der Waals surface area contributed by atoms with E-state index < -0.39 is 29.1 Å². The van der Waals surface area contributed by atoms with Gasteiger partial charge in [0.2, 0.25) is 0 Å². The summed E-state index contributed by atoms with van der Waals surface area (Å²) in [5.41, 5.74) is -0.577. The van der Waals surface area contributed by atoms with Gasteiger partial charge in [0.25, 0.3) is 0 Å². The van der Waals surface area contributed by atoms with E-state index in [0.29, 0.717) is 0 Å². The van der Waals surface area contributed by atoms with Crippen molar-refractivity contribution in [1.29, 1.82) is 0 Å². The van der Waals surface area contributed by atoms with E-state index in [1.165, 1.54) is 19.9 Å². The summed E-state index contributed by atoms with van der Waals surface area (Å²) < 4.78 is 47.7. The fourth-order valence-corrected chi connectivity index (χ4v) is 2.91. The molecule has 2 aromatic carbocycles. The summed E-state index contributed by atoms with van der Waals surface area (Å²) in [6, 6.07) is 11.2. The minimum atomic E-state index is -1.60. The molecule has 0 saturated heterocycles. The predicted octanol–water partition coefficient (Wildman–Crippen LogP) is 4.86. The zero-order valence-electron chi connectivity index (χ0n) is 13.4. The second-order valence-corrected chi connectivity index (χ2v) is 6.40. The third-order valence-electron chi connectivity index (χ3n) is 4.21. The smallest absolute Gasteiger partial charge is 0.168 e. The van der Waals surface area contributed by atoms with Crippen LogP contribution in [0, 0.1) is 29.4 Å². The first kappa shape index (κ1) is 16.4. The average Bonchev–Trinajstić information content (AvgIpc) is 2.52. The van der Waals surface area contributed by atoms with E-state index >= 15 is 0 Å². The summed E-state index contributed by atoms with van der Waals surface area (Å²) in [5, 5.41) is 0. The van der Waals surface area contributed by atoms with Crippen LogP contribution in [0.15, 0.2) is 42.5 Å². The highest BCUT2D eigenvalue weighted by molar-refractivity contribution is 5.46. The summed E-state index contributed by atoms with van der Waals surface area (Å²) in [6.45, 7) is 2.85. The lowest BCUT2D eigenvalue weighted by Gasteiger charge is -2.36. The van der Waals surface area contributed by atoms with Gasteiger partial charge in [0.05, 0.1) is 12.5 Å². The monoisotopic (exact) mass is 330 g/mol. The fraction of sp³-hybridized carbons (Fsp3) is 0.300. The Labute approximate surface area is 139 Å². The highest BCUT2D eigenvalue weighted by Gasteiger charge is 2.41. The second kappa shape index (κ2) is 6.24. The van der Waals surface area contributed by atoms with Gasteiger partial charge in [0.1, 0.15) is 11.5 Å². The van der Waals surface area contributed by atoms with Crippen LogP contribution in [0.5, 0.6) is 5.75 Å². The van der Waals surface area contributed by atoms with Crippen molar-refractivity contribution in [2.45, 2.75) is 25.4 Å². The number of halogens is 3. The molecule has 0 saturated carbocycles. The van der Waals surface area contributed by atoms with Crippen molar-refractivity contribution in [3.8, 4) is 17.6 Å². The number of benzene rings is 2. The lowest BCUT2D eigenvalue weighted by molar-refractivity contribution is 0.0583. The van der Waals surface area contributed by atoms with E-state index in [0.717, 1.165) is 11.6 Å². The Morgan fingerprint density at radius 3 is 2.50 bits per heavy atom. The van der Waals surface area contributed by atoms with Crippen LogP contribution in [0.1, 0.15) is 30.9 Å². The third-order valence-corrected chi connectivity index (χ3v) is 4.21. The van der Waals surface area contributed by atoms with Gasteiger partial charge in [-0.1, -0.05) is 30.0 Å². The van der Waals surface area contributed by atoms with Gasteiger partial charge in [0, 0.05) is 23.1 Å². The summed E-state index contributed by atoms with van der Waals surface area (Å²) in [4.78, 5) is 0. The summed E-state index contributed by atoms with van der Waals surface area (Å²) >= 11 is 0. The van der Waals surface area contributed by atoms with Crippen LogP contribution < -0.4 is 4.74 Å². The van der Waals surface area contributed by atoms with Crippen LogP contribution in [-0.2, 0) is 0 Å². The zero-order valence-corrected chi connectivity index (χ0v) is 13.4. The molecule has 2 atom stereocenters. The first-order chi connectivity index (χ1) is 11.4. The first-order valence-corrected chi connectivity index (χ1v) is 7.73. The number of fused-ring (bicyclic) bond motifs is 1. The maximum Gasteiger partial charge on any atom is 0.168 e. The molecule has 2 aromatic rings. The minimum absolute atomic E-state index is 0.00676. The molecule has 0 bridgehead atoms. The van der Waals surface area contributed by atoms with Gasteiger partial charge in [-0.3, -0.25) is 0 Å². The Kier molecular flexibility index (Phi) is 4.28. The van der Waals surface area contributed by atoms with Crippen molar-refractivity contribution in [2.24, 2.45) is 5.92 Å². The van der Waals surface area contributed by atoms with Gasteiger partial charge in [0.15, 0.2) is 11.6 Å². The standard InChI is InChI=1S/C20H17F3O/c1-20(2,23)17-12-24-19-16(10-14(21)11-18(19)22)15(17)9-8-13-6-4-3-5-7-13/h3-7,10-11,15,17H,12H2,1-2H3/t15-,17+/m0/s1. The minimum Gasteiger partial charge on any atom is -0.490 e. The Morgan fingerprint density at radius 2 is 1.83 bits per heavy atom. The Bertz CT molecular complexity index is 797. The van der Waals surface area contributed by atoms with E-state index in [2.05, 4.69) is 11.8 Å². The topological polar surface area (TPSA) is 9.23 Å². The summed E-state index contributed by atoms with van der Waals surface area (Å²) in [7, 11) is 0. The Morgan fingerprint density at radius 1 is 1.12 bits per heavy atom. The molecule has 1 heterocycles. The van der Waals surface area contributed by atoms with Crippen LogP contribution in [0.3, 0.4) is 0 Å². The quantitative estimate of drug-likeness (QED) is 0.679. The van der Waals surface area contributed by atoms with Crippen LogP contribution in [0.2, 0.25) is 0 Å². The zero-order chi connectivity index (χ0) is 17.3. The van der Waals surface area contributed by atoms with Gasteiger partial charge in [-0.25, -0.2) is 13.2 Å². The lowest BCUT2D eigenvalue weighted by atomic mass is 9.76. The van der Waals surface area contributed by atoms with Crippen molar-refractivity contribution in [2.75, 3.05) is 6.61 Å². The van der Waals surface area contributed by atoms with Gasteiger partial charge in [-0.2, -0.15) is 0 Å². The maximum absolute atomic E-state index is 14.6. The van der Waals surface area contributed by atoms with Crippen LogP contribution in [0.4, 0.5) is 13.2 Å². The molecule has 0 aromatic heterocycles. The molecule has 1 aliphatic rings. The van der Waals surface area contributed by atoms with Gasteiger partial charge in [-0.05, 0) is 32.0 Å². The predicted molar refractivity (Wildman–Crippen MR) is 86.6 cm³/mol. The molecule has 4 heteroatoms. The van der Waals surface area contributed by atoms with Crippen molar-refractivity contribution >= 4 is 0 Å². The molecule has 1 aliphatic heterocycles. The fourth-order valence-electron chi connectivity index (χ4n) is 2.91. The number of hydrogen-bond acceptors (Lipinski definition) is 1. The number of rotatable bonds is 1. The first-order valence-electron chi connectivity index (χ1n) is 7.73. The van der Waals surface area contributed by atoms with Crippen LogP contribution >= 0.6 is 0 Å². The number of ether oxygens (including phenoxy) is 1. The van der Waals surface area contributed by atoms with Crippen molar-refractivity contribution in [3.05, 3.63) is 65.2 Å². The molecule has 0 N–H and O–H groups in total. The molecule has 0 spiro atoms. The molecule has 124 valence electrons. The normalized spacial score (nSPS) is 19.7. The molecule has 1 nitrogen and oxygen atoms in total. The average molecular weight is 330 g/mol. The van der Waals surface area contributed by atoms with Crippen molar-refractivity contribution < 1.29 is 17.9 Å². The highest BCUT2D eigenvalue weighted by atomic mass is 19.1. The molecule has 24 heavy (non-hydrogen) atoms. The highest BCUT2D eigenvalue weighted by Crippen LogP contribution is 2.44. The van der Waals surface area contributed by atoms with Crippen molar-refractivity contribution in [3.63, 3.8) is 0 Å². The Balaban J connectivity index is 2.10. The lowest BCUT2D eigenvalue weighted by Crippen LogP contribution is -2.38. The molecular weight excluding hydrogens is 313 g/mol. The molecular formula is C20H17F3O. The van der Waals surface area contributed by atoms with E-state index in [-0.39, 0.29) is 17.9 Å². The van der Waals surface area contributed by atoms with Gasteiger partial charge < -0.3 is 4.74 Å². The van der Waals surface area contributed by atoms with E-state index in [1.807, 2.05) is 30.3 Å². The molecule has 0 aliphatic carbocycles. The summed E-state index contributed by atoms with van der Waals surface area (Å²) in [5.74, 6) is 3.16. The number of alkyl halides is 1. The SMILES string of the molecule is CC(C)(F)[C@@H]1COc2c(F)cc(F)cc2[C@@H]1C#Cc1ccccc1. The van der Waals surface area contributed by atoms with E-state index in [1.54, 1.807) is 0 Å². The Hall–Kier alpha value is -2.41. The van der Waals surface area contributed by atoms with Crippen LogP contribution in [-0.4, -0.2) is 12.3 Å². The molecule has 0 fully saturated rings.